The molecule has 0 bridgehead atoms. The number of benzene rings is 1. The van der Waals surface area contributed by atoms with Crippen molar-refractivity contribution in [2.45, 2.75) is 6.54 Å². The van der Waals surface area contributed by atoms with Gasteiger partial charge in [0.25, 0.3) is 0 Å². The number of ketones is 1. The van der Waals surface area contributed by atoms with E-state index in [0.717, 1.165) is 0 Å². The second-order valence-corrected chi connectivity index (χ2v) is 3.79. The fourth-order valence-electron chi connectivity index (χ4n) is 1.55. The summed E-state index contributed by atoms with van der Waals surface area (Å²) in [7, 11) is 0. The summed E-state index contributed by atoms with van der Waals surface area (Å²) in [6.07, 6.45) is 5.21. The van der Waals surface area contributed by atoms with Crippen molar-refractivity contribution in [3.05, 3.63) is 59.4 Å². The molecule has 0 fully saturated rings. The van der Waals surface area contributed by atoms with E-state index in [0.29, 0.717) is 0 Å². The smallest absolute Gasteiger partial charge is 0.233 e. The van der Waals surface area contributed by atoms with Gasteiger partial charge in [0.1, 0.15) is 5.56 Å². The minimum absolute atomic E-state index is 0.582. The second kappa shape index (κ2) is 5.32. The molecule has 1 aromatic carbocycles. The number of rotatable bonds is 3. The third-order valence-corrected chi connectivity index (χ3v) is 2.50. The van der Waals surface area contributed by atoms with E-state index in [1.54, 1.807) is 0 Å². The van der Waals surface area contributed by atoms with Crippen molar-refractivity contribution in [1.29, 1.82) is 0 Å². The van der Waals surface area contributed by atoms with Crippen molar-refractivity contribution in [1.82, 2.24) is 4.98 Å². The lowest BCUT2D eigenvalue weighted by molar-refractivity contribution is -0.683. The highest BCUT2D eigenvalue weighted by molar-refractivity contribution is 5.95. The maximum absolute atomic E-state index is 13.4. The van der Waals surface area contributed by atoms with Crippen LogP contribution >= 0.6 is 0 Å². The third-order valence-electron chi connectivity index (χ3n) is 2.50. The van der Waals surface area contributed by atoms with Gasteiger partial charge in [-0.1, -0.05) is 0 Å². The Morgan fingerprint density at radius 3 is 1.85 bits per heavy atom. The predicted octanol–water partition coefficient (Wildman–Crippen LogP) is 1.95. The van der Waals surface area contributed by atoms with Crippen molar-refractivity contribution >= 4 is 5.78 Å². The quantitative estimate of drug-likeness (QED) is 0.284. The first-order chi connectivity index (χ1) is 9.43. The molecule has 3 nitrogen and oxygen atoms in total. The van der Waals surface area contributed by atoms with Crippen LogP contribution in [0.25, 0.3) is 0 Å². The summed E-state index contributed by atoms with van der Waals surface area (Å²) in [6, 6.07) is 0. The van der Waals surface area contributed by atoms with E-state index in [1.807, 2.05) is 0 Å². The molecule has 2 aromatic rings. The van der Waals surface area contributed by atoms with Crippen LogP contribution in [-0.4, -0.2) is 10.8 Å². The second-order valence-electron chi connectivity index (χ2n) is 3.79. The molecule has 0 aliphatic heterocycles. The van der Waals surface area contributed by atoms with Gasteiger partial charge in [0.15, 0.2) is 35.7 Å². The van der Waals surface area contributed by atoms with Crippen LogP contribution < -0.4 is 4.57 Å². The lowest BCUT2D eigenvalue weighted by atomic mass is 10.1. The topological polar surface area (TPSA) is 33.8 Å². The predicted molar refractivity (Wildman–Crippen MR) is 55.0 cm³/mol. The summed E-state index contributed by atoms with van der Waals surface area (Å²) in [4.78, 5) is 15.3. The Morgan fingerprint density at radius 1 is 0.900 bits per heavy atom. The zero-order valence-electron chi connectivity index (χ0n) is 9.71. The molecule has 0 atom stereocenters. The van der Waals surface area contributed by atoms with Gasteiger partial charge in [0.05, 0.1) is 12.4 Å². The maximum Gasteiger partial charge on any atom is 0.233 e. The van der Waals surface area contributed by atoms with Gasteiger partial charge in [0, 0.05) is 0 Å². The fraction of sp³-hybridized carbons (Fsp3) is 0.0833. The van der Waals surface area contributed by atoms with E-state index in [4.69, 9.17) is 0 Å². The summed E-state index contributed by atoms with van der Waals surface area (Å²) < 4.78 is 66.8. The van der Waals surface area contributed by atoms with Crippen LogP contribution in [-0.2, 0) is 6.54 Å². The van der Waals surface area contributed by atoms with Crippen LogP contribution in [0.2, 0.25) is 0 Å². The maximum atomic E-state index is 13.4. The van der Waals surface area contributed by atoms with E-state index < -0.39 is 47.0 Å². The van der Waals surface area contributed by atoms with Gasteiger partial charge in [-0.25, -0.2) is 22.0 Å². The van der Waals surface area contributed by atoms with Crippen LogP contribution in [0.15, 0.2) is 24.8 Å². The van der Waals surface area contributed by atoms with Gasteiger partial charge in [0.2, 0.25) is 18.1 Å². The third kappa shape index (κ3) is 2.36. The van der Waals surface area contributed by atoms with Crippen LogP contribution in [0.1, 0.15) is 10.4 Å². The van der Waals surface area contributed by atoms with Gasteiger partial charge in [-0.15, -0.1) is 0 Å². The summed E-state index contributed by atoms with van der Waals surface area (Å²) in [5.41, 5.74) is -1.45. The van der Waals surface area contributed by atoms with Crippen LogP contribution in [0, 0.1) is 29.1 Å². The molecule has 0 aliphatic rings. The fourth-order valence-corrected chi connectivity index (χ4v) is 1.55. The van der Waals surface area contributed by atoms with Gasteiger partial charge >= 0.3 is 0 Å². The molecule has 0 aliphatic carbocycles. The number of aromatic nitrogens is 2. The molecule has 8 heteroatoms. The van der Waals surface area contributed by atoms with Crippen LogP contribution in [0.4, 0.5) is 22.0 Å². The molecule has 0 saturated heterocycles. The zero-order chi connectivity index (χ0) is 14.9. The van der Waals surface area contributed by atoms with E-state index >= 15 is 0 Å². The first kappa shape index (κ1) is 14.0. The molecule has 0 N–H and O–H groups in total. The highest BCUT2D eigenvalue weighted by Crippen LogP contribution is 2.23. The molecule has 0 radical (unpaired) electrons. The molecule has 104 valence electrons. The summed E-state index contributed by atoms with van der Waals surface area (Å²) >= 11 is 0. The molecule has 0 unspecified atom stereocenters. The standard InChI is InChI=1S/C12H6F5N2O/c13-8-7(9(14)11(16)12(17)10(8)15)6(20)5-19-3-1-18-2-4-19/h1-4H,5H2/q+1. The average molecular weight is 289 g/mol. The zero-order valence-corrected chi connectivity index (χ0v) is 9.71. The summed E-state index contributed by atoms with van der Waals surface area (Å²) in [5.74, 6) is -12.1. The minimum atomic E-state index is -2.30. The molecule has 1 aromatic heterocycles. The molecular formula is C12H6F5N2O+. The number of Topliss-reactive ketones (excluding diaryl/α,β-unsaturated/α-hetero) is 1. The number of nitrogens with zero attached hydrogens (tertiary/aromatic N) is 2. The highest BCUT2D eigenvalue weighted by Gasteiger charge is 2.30. The molecule has 0 amide bonds. The van der Waals surface area contributed by atoms with Gasteiger partial charge in [-0.05, 0) is 0 Å². The lowest BCUT2D eigenvalue weighted by Crippen LogP contribution is -2.38. The van der Waals surface area contributed by atoms with Gasteiger partial charge in [-0.3, -0.25) is 9.78 Å². The Labute approximate surface area is 109 Å². The first-order valence-corrected chi connectivity index (χ1v) is 5.27. The van der Waals surface area contributed by atoms with Crippen molar-refractivity contribution in [3.63, 3.8) is 0 Å². The molecule has 1 heterocycles. The summed E-state index contributed by atoms with van der Waals surface area (Å²) in [5, 5.41) is 0. The van der Waals surface area contributed by atoms with Crippen molar-refractivity contribution < 1.29 is 31.3 Å². The van der Waals surface area contributed by atoms with Gasteiger partial charge in [-0.2, -0.15) is 4.57 Å². The normalized spacial score (nSPS) is 10.7. The average Bonchev–Trinajstić information content (AvgIpc) is 2.44. The number of carbonyl (C=O) groups is 1. The van der Waals surface area contributed by atoms with Crippen molar-refractivity contribution in [2.75, 3.05) is 0 Å². The Balaban J connectivity index is 2.45. The lowest BCUT2D eigenvalue weighted by Gasteiger charge is -2.05. The molecule has 0 saturated carbocycles. The number of hydrogen-bond donors (Lipinski definition) is 0. The first-order valence-electron chi connectivity index (χ1n) is 5.27. The minimum Gasteiger partial charge on any atom is -0.287 e. The van der Waals surface area contributed by atoms with E-state index in [-0.39, 0.29) is 0 Å². The Bertz CT molecular complexity index is 646. The Morgan fingerprint density at radius 2 is 1.35 bits per heavy atom. The molecular weight excluding hydrogens is 283 g/mol. The largest absolute Gasteiger partial charge is 0.287 e. The Hall–Kier alpha value is -2.38. The SMILES string of the molecule is O=C(C[n+]1ccncc1)c1c(F)c(F)c(F)c(F)c1F. The Kier molecular flexibility index (Phi) is 3.73. The van der Waals surface area contributed by atoms with E-state index in [2.05, 4.69) is 4.98 Å². The number of carbonyl (C=O) groups excluding carboxylic acids is 1. The number of halogens is 5. The van der Waals surface area contributed by atoms with Crippen LogP contribution in [0.5, 0.6) is 0 Å². The van der Waals surface area contributed by atoms with E-state index in [1.165, 1.54) is 29.4 Å². The molecule has 0 spiro atoms. The number of hydrogen-bond acceptors (Lipinski definition) is 2. The van der Waals surface area contributed by atoms with E-state index in [9.17, 15) is 26.7 Å². The monoisotopic (exact) mass is 289 g/mol. The molecule has 20 heavy (non-hydrogen) atoms. The molecule has 2 rings (SSSR count). The van der Waals surface area contributed by atoms with Crippen LogP contribution in [0.3, 0.4) is 0 Å². The van der Waals surface area contributed by atoms with Crippen molar-refractivity contribution in [2.24, 2.45) is 0 Å². The van der Waals surface area contributed by atoms with Crippen molar-refractivity contribution in [3.8, 4) is 0 Å². The van der Waals surface area contributed by atoms with Gasteiger partial charge < -0.3 is 0 Å². The summed E-state index contributed by atoms with van der Waals surface area (Å²) in [6.45, 7) is -0.582. The highest BCUT2D eigenvalue weighted by atomic mass is 19.2.